The number of fused-ring (bicyclic) bond motifs is 6. The summed E-state index contributed by atoms with van der Waals surface area (Å²) in [6.07, 6.45) is -5.01. The number of nitrogens with zero attached hydrogens (tertiary/aromatic N) is 11. The van der Waals surface area contributed by atoms with E-state index in [2.05, 4.69) is 48.6 Å². The molecule has 14 heteroatoms. The molecule has 11 nitrogen and oxygen atoms in total. The lowest BCUT2D eigenvalue weighted by Crippen LogP contribution is -2.11. The number of pyridine rings is 1. The molecule has 406 valence electrons. The molecule has 0 unspecified atom stereocenters. The number of rotatable bonds is 8. The van der Waals surface area contributed by atoms with Gasteiger partial charge in [0.1, 0.15) is 0 Å². The van der Waals surface area contributed by atoms with E-state index in [0.29, 0.717) is 93.8 Å². The predicted octanol–water partition coefficient (Wildman–Crippen LogP) is 17.3. The van der Waals surface area contributed by atoms with Gasteiger partial charge in [-0.15, -0.1) is 0 Å². The Balaban J connectivity index is 1.24. The number of alkyl halides is 3. The molecule has 0 bridgehead atoms. The molecule has 0 spiro atoms. The van der Waals surface area contributed by atoms with Crippen LogP contribution in [0.5, 0.6) is 0 Å². The molecular formula is C74H34F3N11. The van der Waals surface area contributed by atoms with Crippen molar-refractivity contribution in [1.29, 1.82) is 42.1 Å². The monoisotopic (exact) mass is 1130 g/mol. The van der Waals surface area contributed by atoms with Crippen molar-refractivity contribution in [2.75, 3.05) is 0 Å². The summed E-state index contributed by atoms with van der Waals surface area (Å²) in [4.78, 5) is 5.33. The maximum Gasteiger partial charge on any atom is 0.416 e. The summed E-state index contributed by atoms with van der Waals surface area (Å²) < 4.78 is 53.2. The Morgan fingerprint density at radius 1 is 0.284 bits per heavy atom. The van der Waals surface area contributed by atoms with Gasteiger partial charge in [-0.2, -0.15) is 55.3 Å². The smallest absolute Gasteiger partial charge is 0.308 e. The fourth-order valence-electron chi connectivity index (χ4n) is 11.7. The van der Waals surface area contributed by atoms with Crippen LogP contribution < -0.4 is 0 Å². The van der Waals surface area contributed by atoms with E-state index in [1.807, 2.05) is 109 Å². The molecule has 3 heterocycles. The van der Waals surface area contributed by atoms with Crippen LogP contribution in [0, 0.1) is 90.6 Å². The Bertz CT molecular complexity index is 4870. The van der Waals surface area contributed by atoms with E-state index in [0.717, 1.165) is 17.7 Å². The lowest BCUT2D eigenvalue weighted by Gasteiger charge is -2.23. The molecule has 3 aromatic heterocycles. The third-order valence-electron chi connectivity index (χ3n) is 15.6. The van der Waals surface area contributed by atoms with E-state index in [9.17, 15) is 42.1 Å². The fraction of sp³-hybridized carbons (Fsp3) is 0.0135. The van der Waals surface area contributed by atoms with Gasteiger partial charge in [0, 0.05) is 32.7 Å². The van der Waals surface area contributed by atoms with Crippen molar-refractivity contribution >= 4 is 43.6 Å². The summed E-state index contributed by atoms with van der Waals surface area (Å²) in [7, 11) is 0. The Morgan fingerprint density at radius 3 is 0.864 bits per heavy atom. The minimum atomic E-state index is -5.01. The quantitative estimate of drug-likeness (QED) is 0.141. The summed E-state index contributed by atoms with van der Waals surface area (Å²) in [6, 6.07) is 74.8. The van der Waals surface area contributed by atoms with Crippen LogP contribution in [0.15, 0.2) is 206 Å². The average Bonchev–Trinajstić information content (AvgIpc) is 1.63. The van der Waals surface area contributed by atoms with Gasteiger partial charge in [-0.05, 0) is 166 Å². The summed E-state index contributed by atoms with van der Waals surface area (Å²) in [5, 5.41) is 83.4. The molecular weight excluding hydrogens is 1100 g/mol. The van der Waals surface area contributed by atoms with Crippen LogP contribution in [0.4, 0.5) is 13.2 Å². The van der Waals surface area contributed by atoms with Crippen molar-refractivity contribution in [3.63, 3.8) is 0 Å². The summed E-state index contributed by atoms with van der Waals surface area (Å²) >= 11 is 0. The third kappa shape index (κ3) is 9.45. The zero-order chi connectivity index (χ0) is 61.0. The van der Waals surface area contributed by atoms with Crippen LogP contribution in [0.1, 0.15) is 50.1 Å². The van der Waals surface area contributed by atoms with E-state index in [-0.39, 0.29) is 67.1 Å². The molecule has 0 atom stereocenters. The first-order valence-corrected chi connectivity index (χ1v) is 27.1. The predicted molar refractivity (Wildman–Crippen MR) is 328 cm³/mol. The molecule has 0 saturated heterocycles. The van der Waals surface area contributed by atoms with Gasteiger partial charge in [-0.1, -0.05) is 84.9 Å². The van der Waals surface area contributed by atoms with Crippen molar-refractivity contribution in [2.24, 2.45) is 0 Å². The maximum atomic E-state index is 16.6. The van der Waals surface area contributed by atoms with Gasteiger partial charge < -0.3 is 9.13 Å². The molecule has 0 aliphatic heterocycles. The second kappa shape index (κ2) is 21.4. The molecule has 88 heavy (non-hydrogen) atoms. The molecule has 0 amide bonds. The van der Waals surface area contributed by atoms with Crippen LogP contribution in [0.25, 0.3) is 122 Å². The van der Waals surface area contributed by atoms with E-state index < -0.39 is 11.7 Å². The lowest BCUT2D eigenvalue weighted by atomic mass is 9.98. The molecule has 0 saturated carbocycles. The molecule has 13 rings (SSSR count). The fourth-order valence-corrected chi connectivity index (χ4v) is 11.7. The molecule has 0 fully saturated rings. The van der Waals surface area contributed by atoms with Gasteiger partial charge in [-0.3, -0.25) is 0 Å². The first-order valence-electron chi connectivity index (χ1n) is 27.1. The number of halogens is 3. The summed E-state index contributed by atoms with van der Waals surface area (Å²) in [6.45, 7) is 0. The Hall–Kier alpha value is -13.3. The minimum Gasteiger partial charge on any atom is -0.308 e. The van der Waals surface area contributed by atoms with Crippen molar-refractivity contribution in [1.82, 2.24) is 14.1 Å². The summed E-state index contributed by atoms with van der Waals surface area (Å²) in [5.74, 6) is 0. The zero-order valence-electron chi connectivity index (χ0n) is 45.7. The summed E-state index contributed by atoms with van der Waals surface area (Å²) in [5.41, 5.74) is 8.22. The molecule has 0 radical (unpaired) electrons. The van der Waals surface area contributed by atoms with Crippen LogP contribution in [-0.2, 0) is 6.18 Å². The number of benzene rings is 10. The van der Waals surface area contributed by atoms with E-state index in [1.165, 1.54) is 24.3 Å². The van der Waals surface area contributed by atoms with Gasteiger partial charge in [0.25, 0.3) is 0 Å². The van der Waals surface area contributed by atoms with Crippen molar-refractivity contribution in [3.05, 3.63) is 256 Å². The normalized spacial score (nSPS) is 11.0. The second-order valence-electron chi connectivity index (χ2n) is 20.9. The number of aromatic nitrogens is 3. The number of hydrogen-bond donors (Lipinski definition) is 0. The van der Waals surface area contributed by atoms with E-state index in [4.69, 9.17) is 4.98 Å². The minimum absolute atomic E-state index is 0.0203. The average molecular weight is 1130 g/mol. The van der Waals surface area contributed by atoms with Crippen molar-refractivity contribution < 1.29 is 13.2 Å². The molecule has 0 aliphatic carbocycles. The van der Waals surface area contributed by atoms with Gasteiger partial charge in [-0.25, -0.2) is 4.98 Å². The molecule has 13 aromatic rings. The van der Waals surface area contributed by atoms with Crippen molar-refractivity contribution in [3.8, 4) is 127 Å². The zero-order valence-corrected chi connectivity index (χ0v) is 45.7. The highest BCUT2D eigenvalue weighted by Gasteiger charge is 2.35. The molecule has 0 N–H and O–H groups in total. The van der Waals surface area contributed by atoms with Crippen molar-refractivity contribution in [2.45, 2.75) is 6.18 Å². The Labute approximate surface area is 500 Å². The largest absolute Gasteiger partial charge is 0.416 e. The first-order chi connectivity index (χ1) is 42.8. The number of hydrogen-bond acceptors (Lipinski definition) is 9. The highest BCUT2D eigenvalue weighted by molar-refractivity contribution is 6.14. The van der Waals surface area contributed by atoms with Crippen LogP contribution in [0.2, 0.25) is 0 Å². The van der Waals surface area contributed by atoms with E-state index >= 15 is 13.2 Å². The lowest BCUT2D eigenvalue weighted by molar-refractivity contribution is -0.137. The second-order valence-corrected chi connectivity index (χ2v) is 20.9. The standard InChI is InChI=1S/C74H34F3N11/c75-74(76,77)60-33-71(87-67-29-52(56-21-43(35-78)17-44(22-56)36-79)9-13-61(67)62-14-10-53(30-68(62)87)57-23-45(37-80)18-46(24-57)38-81)73(66-8-4-7-65(86-66)51-5-2-1-3-6-51)72(34-60)88-69-31-54(58-25-47(39-82)19-48(26-58)40-83)11-15-63(69)64-16-12-55(32-70(64)88)59-27-49(41-84)20-50(28-59)42-85/h1-34H. The Morgan fingerprint density at radius 2 is 0.580 bits per heavy atom. The number of nitriles is 8. The highest BCUT2D eigenvalue weighted by atomic mass is 19.4. The highest BCUT2D eigenvalue weighted by Crippen LogP contribution is 2.47. The van der Waals surface area contributed by atoms with Crippen LogP contribution in [-0.4, -0.2) is 14.1 Å². The molecule has 10 aromatic carbocycles. The van der Waals surface area contributed by atoms with Gasteiger partial charge in [0.2, 0.25) is 0 Å². The maximum absolute atomic E-state index is 16.6. The molecule has 0 aliphatic rings. The van der Waals surface area contributed by atoms with E-state index in [1.54, 1.807) is 69.8 Å². The van der Waals surface area contributed by atoms with Gasteiger partial charge >= 0.3 is 6.18 Å². The van der Waals surface area contributed by atoms with Gasteiger partial charge in [0.15, 0.2) is 0 Å². The topological polar surface area (TPSA) is 213 Å². The Kier molecular flexibility index (Phi) is 13.1. The van der Waals surface area contributed by atoms with Gasteiger partial charge in [0.05, 0.1) is 143 Å². The SMILES string of the molecule is N#Cc1cc(C#N)cc(-c2ccc3c4ccc(-c5cc(C#N)cc(C#N)c5)cc4n(-c4cc(C(F)(F)F)cc(-n5c6cc(-c7cc(C#N)cc(C#N)c7)ccc6c6ccc(-c7cc(C#N)cc(C#N)c7)cc65)c4-c4cccc(-c5ccccc5)n4)c3c2)c1. The van der Waals surface area contributed by atoms with Crippen LogP contribution in [0.3, 0.4) is 0 Å². The third-order valence-corrected chi connectivity index (χ3v) is 15.6. The first kappa shape index (κ1) is 53.9. The van der Waals surface area contributed by atoms with Crippen LogP contribution >= 0.6 is 0 Å².